The maximum atomic E-state index is 13.9. The number of aromatic nitrogens is 1. The van der Waals surface area contributed by atoms with E-state index in [1.807, 2.05) is 6.92 Å². The van der Waals surface area contributed by atoms with Crippen molar-refractivity contribution in [3.8, 4) is 0 Å². The Labute approximate surface area is 107 Å². The minimum absolute atomic E-state index is 0.120. The maximum Gasteiger partial charge on any atom is 0.358 e. The van der Waals surface area contributed by atoms with Crippen LogP contribution in [0, 0.1) is 5.82 Å². The molecule has 0 fully saturated rings. The summed E-state index contributed by atoms with van der Waals surface area (Å²) in [5.41, 5.74) is -0.289. The number of unbranched alkanes of at least 4 members (excludes halogenated alkanes) is 1. The lowest BCUT2D eigenvalue weighted by atomic mass is 10.3. The first-order valence-corrected chi connectivity index (χ1v) is 6.80. The van der Waals surface area contributed by atoms with E-state index in [1.54, 1.807) is 6.92 Å². The fourth-order valence-corrected chi connectivity index (χ4v) is 2.01. The van der Waals surface area contributed by atoms with Crippen LogP contribution in [0.3, 0.4) is 0 Å². The average Bonchev–Trinajstić information content (AvgIpc) is 2.64. The Hall–Kier alpha value is -1.21. The van der Waals surface area contributed by atoms with Gasteiger partial charge in [0.15, 0.2) is 22.6 Å². The van der Waals surface area contributed by atoms with Crippen molar-refractivity contribution < 1.29 is 22.7 Å². The molecule has 7 heteroatoms. The zero-order valence-electron chi connectivity index (χ0n) is 10.3. The van der Waals surface area contributed by atoms with Crippen molar-refractivity contribution in [2.45, 2.75) is 38.1 Å². The highest BCUT2D eigenvalue weighted by Crippen LogP contribution is 2.20. The molecule has 1 rings (SSSR count). The molecule has 1 aromatic rings. The van der Waals surface area contributed by atoms with Crippen LogP contribution in [0.4, 0.5) is 4.39 Å². The second-order valence-corrected chi connectivity index (χ2v) is 4.61. The lowest BCUT2D eigenvalue weighted by Gasteiger charge is -2.07. The van der Waals surface area contributed by atoms with Crippen molar-refractivity contribution in [3.05, 3.63) is 17.7 Å². The van der Waals surface area contributed by atoms with E-state index in [4.69, 9.17) is 9.29 Å². The molecule has 0 aromatic carbocycles. The number of aryl methyl sites for hydroxylation is 1. The summed E-state index contributed by atoms with van der Waals surface area (Å²) in [6, 6.07) is 0. The molecular formula is C11H16FNO4S. The van der Waals surface area contributed by atoms with Crippen LogP contribution in [-0.4, -0.2) is 25.9 Å². The number of nitrogens with zero attached hydrogens (tertiary/aromatic N) is 1. The third-order valence-electron chi connectivity index (χ3n) is 2.39. The number of rotatable bonds is 6. The molecule has 0 radical (unpaired) electrons. The highest BCUT2D eigenvalue weighted by molar-refractivity contribution is 7.79. The number of halogens is 1. The van der Waals surface area contributed by atoms with Crippen molar-refractivity contribution in [1.29, 1.82) is 0 Å². The SMILES string of the molecule is CCCCn1cc(S(=O)O)c(F)c1C(=O)OCC. The van der Waals surface area contributed by atoms with Crippen LogP contribution >= 0.6 is 0 Å². The Balaban J connectivity index is 3.17. The molecule has 1 heterocycles. The first kappa shape index (κ1) is 14.8. The van der Waals surface area contributed by atoms with Gasteiger partial charge in [0.2, 0.25) is 0 Å². The fourth-order valence-electron chi connectivity index (χ4n) is 1.54. The molecule has 0 bridgehead atoms. The molecule has 1 aromatic heterocycles. The van der Waals surface area contributed by atoms with Gasteiger partial charge in [-0.3, -0.25) is 0 Å². The van der Waals surface area contributed by atoms with Crippen molar-refractivity contribution in [2.75, 3.05) is 6.61 Å². The number of esters is 1. The van der Waals surface area contributed by atoms with E-state index < -0.39 is 27.8 Å². The van der Waals surface area contributed by atoms with Crippen molar-refractivity contribution in [1.82, 2.24) is 4.57 Å². The lowest BCUT2D eigenvalue weighted by Crippen LogP contribution is -2.13. The van der Waals surface area contributed by atoms with Crippen LogP contribution < -0.4 is 0 Å². The molecule has 5 nitrogen and oxygen atoms in total. The van der Waals surface area contributed by atoms with E-state index in [0.717, 1.165) is 12.8 Å². The van der Waals surface area contributed by atoms with E-state index >= 15 is 0 Å². The highest BCUT2D eigenvalue weighted by Gasteiger charge is 2.25. The second-order valence-electron chi connectivity index (χ2n) is 3.67. The number of hydrogen-bond acceptors (Lipinski definition) is 3. The summed E-state index contributed by atoms with van der Waals surface area (Å²) in [6.07, 6.45) is 2.78. The summed E-state index contributed by atoms with van der Waals surface area (Å²) in [7, 11) is 0. The Bertz CT molecular complexity index is 458. The Kier molecular flexibility index (Phi) is 5.49. The minimum atomic E-state index is -2.46. The van der Waals surface area contributed by atoms with Crippen LogP contribution in [-0.2, 0) is 22.4 Å². The zero-order chi connectivity index (χ0) is 13.7. The second kappa shape index (κ2) is 6.65. The van der Waals surface area contributed by atoms with Crippen molar-refractivity contribution >= 4 is 17.0 Å². The van der Waals surface area contributed by atoms with E-state index in [-0.39, 0.29) is 12.3 Å². The Morgan fingerprint density at radius 2 is 2.22 bits per heavy atom. The molecule has 1 atom stereocenters. The van der Waals surface area contributed by atoms with Gasteiger partial charge in [0, 0.05) is 12.7 Å². The lowest BCUT2D eigenvalue weighted by molar-refractivity contribution is 0.0507. The van der Waals surface area contributed by atoms with Crippen LogP contribution in [0.2, 0.25) is 0 Å². The molecule has 18 heavy (non-hydrogen) atoms. The quantitative estimate of drug-likeness (QED) is 0.639. The maximum absolute atomic E-state index is 13.9. The summed E-state index contributed by atoms with van der Waals surface area (Å²) in [5, 5.41) is 0. The van der Waals surface area contributed by atoms with Gasteiger partial charge in [-0.2, -0.15) is 0 Å². The fraction of sp³-hybridized carbons (Fsp3) is 0.545. The molecule has 0 spiro atoms. The van der Waals surface area contributed by atoms with Crippen molar-refractivity contribution in [2.24, 2.45) is 0 Å². The van der Waals surface area contributed by atoms with E-state index in [0.29, 0.717) is 6.54 Å². The number of hydrogen-bond donors (Lipinski definition) is 1. The molecule has 1 N–H and O–H groups in total. The predicted molar refractivity (Wildman–Crippen MR) is 64.3 cm³/mol. The number of carbonyl (C=O) groups is 1. The largest absolute Gasteiger partial charge is 0.461 e. The topological polar surface area (TPSA) is 68.5 Å². The third kappa shape index (κ3) is 3.17. The molecule has 0 aliphatic heterocycles. The van der Waals surface area contributed by atoms with Gasteiger partial charge in [0.25, 0.3) is 0 Å². The Morgan fingerprint density at radius 3 is 2.72 bits per heavy atom. The number of carbonyl (C=O) groups excluding carboxylic acids is 1. The predicted octanol–water partition coefficient (Wildman–Crippen LogP) is 2.18. The van der Waals surface area contributed by atoms with Gasteiger partial charge < -0.3 is 13.9 Å². The summed E-state index contributed by atoms with van der Waals surface area (Å²) in [5.74, 6) is -1.80. The molecule has 102 valence electrons. The molecule has 0 aliphatic carbocycles. The van der Waals surface area contributed by atoms with Crippen LogP contribution in [0.15, 0.2) is 11.1 Å². The molecule has 0 saturated heterocycles. The minimum Gasteiger partial charge on any atom is -0.461 e. The summed E-state index contributed by atoms with van der Waals surface area (Å²) in [6.45, 7) is 4.09. The normalized spacial score (nSPS) is 12.4. The van der Waals surface area contributed by atoms with Gasteiger partial charge in [-0.05, 0) is 13.3 Å². The molecule has 0 aliphatic rings. The van der Waals surface area contributed by atoms with Crippen LogP contribution in [0.5, 0.6) is 0 Å². The van der Waals surface area contributed by atoms with E-state index in [1.165, 1.54) is 10.8 Å². The van der Waals surface area contributed by atoms with Gasteiger partial charge >= 0.3 is 5.97 Å². The van der Waals surface area contributed by atoms with Crippen LogP contribution in [0.25, 0.3) is 0 Å². The molecule has 0 amide bonds. The van der Waals surface area contributed by atoms with Crippen LogP contribution in [0.1, 0.15) is 37.2 Å². The van der Waals surface area contributed by atoms with Gasteiger partial charge in [-0.25, -0.2) is 13.4 Å². The summed E-state index contributed by atoms with van der Waals surface area (Å²) in [4.78, 5) is 11.2. The molecular weight excluding hydrogens is 261 g/mol. The van der Waals surface area contributed by atoms with Gasteiger partial charge in [0.1, 0.15) is 4.90 Å². The first-order chi connectivity index (χ1) is 8.52. The first-order valence-electron chi connectivity index (χ1n) is 5.69. The standard InChI is InChI=1S/C11H16FNO4S/c1-3-5-6-13-7-8(18(15)16)9(12)10(13)11(14)17-4-2/h7H,3-6H2,1-2H3,(H,15,16). The van der Waals surface area contributed by atoms with Gasteiger partial charge in [-0.15, -0.1) is 0 Å². The molecule has 1 unspecified atom stereocenters. The van der Waals surface area contributed by atoms with Gasteiger partial charge in [-0.1, -0.05) is 13.3 Å². The van der Waals surface area contributed by atoms with E-state index in [2.05, 4.69) is 0 Å². The van der Waals surface area contributed by atoms with E-state index in [9.17, 15) is 13.4 Å². The summed E-state index contributed by atoms with van der Waals surface area (Å²) < 4.78 is 39.8. The highest BCUT2D eigenvalue weighted by atomic mass is 32.2. The number of ether oxygens (including phenoxy) is 1. The average molecular weight is 277 g/mol. The monoisotopic (exact) mass is 277 g/mol. The smallest absolute Gasteiger partial charge is 0.358 e. The third-order valence-corrected chi connectivity index (χ3v) is 3.05. The van der Waals surface area contributed by atoms with Crippen molar-refractivity contribution in [3.63, 3.8) is 0 Å². The van der Waals surface area contributed by atoms with Gasteiger partial charge in [0.05, 0.1) is 6.61 Å². The Morgan fingerprint density at radius 1 is 1.56 bits per heavy atom. The zero-order valence-corrected chi connectivity index (χ0v) is 11.1. The molecule has 0 saturated carbocycles. The summed E-state index contributed by atoms with van der Waals surface area (Å²) >= 11 is -2.46.